The molecule has 1 aromatic carbocycles. The smallest absolute Gasteiger partial charge is 0.410 e. The van der Waals surface area contributed by atoms with Crippen molar-refractivity contribution >= 4 is 23.0 Å². The number of ether oxygens (including phenoxy) is 1. The molecule has 0 unspecified atom stereocenters. The van der Waals surface area contributed by atoms with Crippen LogP contribution in [0, 0.1) is 5.41 Å². The number of amides is 2. The van der Waals surface area contributed by atoms with Gasteiger partial charge in [-0.25, -0.2) is 14.8 Å². The highest BCUT2D eigenvalue weighted by molar-refractivity contribution is 5.93. The fraction of sp³-hybridized carbons (Fsp3) is 0.481. The minimum absolute atomic E-state index is 0.0380. The Morgan fingerprint density at radius 2 is 1.54 bits per heavy atom. The van der Waals surface area contributed by atoms with Gasteiger partial charge in [-0.15, -0.1) is 0 Å². The highest BCUT2D eigenvalue weighted by Gasteiger charge is 2.40. The minimum atomic E-state index is -0.479. The summed E-state index contributed by atoms with van der Waals surface area (Å²) in [5.74, 6) is 0.624. The highest BCUT2D eigenvalue weighted by atomic mass is 16.6. The quantitative estimate of drug-likeness (QED) is 0.570. The summed E-state index contributed by atoms with van der Waals surface area (Å²) in [7, 11) is 0. The number of para-hydroxylation sites is 2. The number of H-pyrrole nitrogens is 1. The number of carbonyl (C=O) groups excluding carboxylic acids is 2. The Morgan fingerprint density at radius 3 is 2.20 bits per heavy atom. The van der Waals surface area contributed by atoms with Gasteiger partial charge in [0, 0.05) is 26.2 Å². The lowest BCUT2D eigenvalue weighted by Gasteiger charge is -2.46. The number of aromatic amines is 1. The van der Waals surface area contributed by atoms with Crippen molar-refractivity contribution in [2.75, 3.05) is 26.2 Å². The van der Waals surface area contributed by atoms with Gasteiger partial charge in [0.25, 0.3) is 5.91 Å². The molecular formula is C27H33N5O3. The summed E-state index contributed by atoms with van der Waals surface area (Å²) in [6.45, 7) is 8.52. The summed E-state index contributed by atoms with van der Waals surface area (Å²) in [4.78, 5) is 41.9. The standard InChI is InChI=1S/C27H33N5O3/c1-26(2,3)35-25(34)32-17-13-27(14-18-32)11-15-31(16-12-27)24(33)22-10-6-9-21(28-22)23-29-19-7-4-5-8-20(19)30-23/h4-10H,11-18H2,1-3H3,(H,29,30). The zero-order valence-electron chi connectivity index (χ0n) is 20.7. The molecule has 2 saturated heterocycles. The minimum Gasteiger partial charge on any atom is -0.444 e. The summed E-state index contributed by atoms with van der Waals surface area (Å²) in [6.07, 6.45) is 3.58. The first-order chi connectivity index (χ1) is 16.7. The predicted octanol–water partition coefficient (Wildman–Crippen LogP) is 4.88. The first-order valence-corrected chi connectivity index (χ1v) is 12.4. The zero-order chi connectivity index (χ0) is 24.6. The van der Waals surface area contributed by atoms with Gasteiger partial charge in [0.15, 0.2) is 5.82 Å². The largest absolute Gasteiger partial charge is 0.444 e. The van der Waals surface area contributed by atoms with Crippen molar-refractivity contribution in [3.63, 3.8) is 0 Å². The number of rotatable bonds is 2. The number of hydrogen-bond acceptors (Lipinski definition) is 5. The fourth-order valence-corrected chi connectivity index (χ4v) is 5.10. The lowest BCUT2D eigenvalue weighted by molar-refractivity contribution is -0.00119. The van der Waals surface area contributed by atoms with Crippen LogP contribution in [0.3, 0.4) is 0 Å². The van der Waals surface area contributed by atoms with Gasteiger partial charge in [-0.2, -0.15) is 0 Å². The SMILES string of the molecule is CC(C)(C)OC(=O)N1CCC2(CC1)CCN(C(=O)c1cccc(-c3nc4ccccc4[nH]3)n1)CC2. The number of nitrogens with one attached hydrogen (secondary N) is 1. The van der Waals surface area contributed by atoms with Gasteiger partial charge in [-0.3, -0.25) is 4.79 Å². The van der Waals surface area contributed by atoms with E-state index in [0.717, 1.165) is 36.7 Å². The molecule has 184 valence electrons. The molecule has 8 nitrogen and oxygen atoms in total. The average molecular weight is 476 g/mol. The molecule has 5 rings (SSSR count). The molecular weight excluding hydrogens is 442 g/mol. The third kappa shape index (κ3) is 5.01. The maximum atomic E-state index is 13.3. The molecule has 0 aliphatic carbocycles. The van der Waals surface area contributed by atoms with E-state index in [9.17, 15) is 9.59 Å². The number of imidazole rings is 1. The van der Waals surface area contributed by atoms with Crippen LogP contribution in [0.5, 0.6) is 0 Å². The number of hydrogen-bond donors (Lipinski definition) is 1. The van der Waals surface area contributed by atoms with Crippen LogP contribution in [0.4, 0.5) is 4.79 Å². The molecule has 0 atom stereocenters. The van der Waals surface area contributed by atoms with Crippen molar-refractivity contribution in [2.45, 2.75) is 52.1 Å². The van der Waals surface area contributed by atoms with E-state index in [0.29, 0.717) is 43.4 Å². The number of aromatic nitrogens is 3. The Labute approximate surface area is 205 Å². The molecule has 0 radical (unpaired) electrons. The van der Waals surface area contributed by atoms with Crippen molar-refractivity contribution in [2.24, 2.45) is 5.41 Å². The van der Waals surface area contributed by atoms with Crippen molar-refractivity contribution in [1.82, 2.24) is 24.8 Å². The summed E-state index contributed by atoms with van der Waals surface area (Å²) < 4.78 is 5.53. The predicted molar refractivity (Wildman–Crippen MR) is 134 cm³/mol. The van der Waals surface area contributed by atoms with E-state index in [1.807, 2.05) is 67.0 Å². The van der Waals surface area contributed by atoms with Crippen molar-refractivity contribution in [3.05, 3.63) is 48.2 Å². The lowest BCUT2D eigenvalue weighted by atomic mass is 9.71. The van der Waals surface area contributed by atoms with E-state index in [1.165, 1.54) is 0 Å². The van der Waals surface area contributed by atoms with Crippen LogP contribution in [0.15, 0.2) is 42.5 Å². The second kappa shape index (κ2) is 8.98. The normalized spacial score (nSPS) is 18.1. The Hall–Kier alpha value is -3.42. The second-order valence-electron chi connectivity index (χ2n) is 10.8. The molecule has 2 aromatic heterocycles. The maximum absolute atomic E-state index is 13.3. The van der Waals surface area contributed by atoms with Crippen LogP contribution in [0.2, 0.25) is 0 Å². The monoisotopic (exact) mass is 475 g/mol. The number of nitrogens with zero attached hydrogens (tertiary/aromatic N) is 4. The number of benzene rings is 1. The molecule has 0 saturated carbocycles. The molecule has 3 aromatic rings. The molecule has 1 N–H and O–H groups in total. The van der Waals surface area contributed by atoms with Gasteiger partial charge in [0.2, 0.25) is 0 Å². The van der Waals surface area contributed by atoms with Gasteiger partial charge >= 0.3 is 6.09 Å². The van der Waals surface area contributed by atoms with E-state index in [-0.39, 0.29) is 17.4 Å². The van der Waals surface area contributed by atoms with Gasteiger partial charge in [0.1, 0.15) is 17.0 Å². The zero-order valence-corrected chi connectivity index (χ0v) is 20.7. The Morgan fingerprint density at radius 1 is 0.886 bits per heavy atom. The van der Waals surface area contributed by atoms with E-state index in [1.54, 1.807) is 6.07 Å². The van der Waals surface area contributed by atoms with Gasteiger partial charge in [-0.05, 0) is 76.1 Å². The Balaban J connectivity index is 1.20. The lowest BCUT2D eigenvalue weighted by Crippen LogP contribution is -2.50. The number of piperidine rings is 2. The molecule has 2 aliphatic rings. The second-order valence-corrected chi connectivity index (χ2v) is 10.8. The van der Waals surface area contributed by atoms with Crippen molar-refractivity contribution in [3.8, 4) is 11.5 Å². The van der Waals surface area contributed by atoms with Crippen LogP contribution in [-0.2, 0) is 4.74 Å². The maximum Gasteiger partial charge on any atom is 0.410 e. The highest BCUT2D eigenvalue weighted by Crippen LogP contribution is 2.41. The van der Waals surface area contributed by atoms with Gasteiger partial charge < -0.3 is 19.5 Å². The first kappa shape index (κ1) is 23.3. The van der Waals surface area contributed by atoms with E-state index in [2.05, 4.69) is 15.0 Å². The van der Waals surface area contributed by atoms with Crippen LogP contribution in [0.25, 0.3) is 22.6 Å². The molecule has 2 fully saturated rings. The van der Waals surface area contributed by atoms with Crippen LogP contribution in [-0.4, -0.2) is 68.5 Å². The van der Waals surface area contributed by atoms with Gasteiger partial charge in [0.05, 0.1) is 11.0 Å². The van der Waals surface area contributed by atoms with Gasteiger partial charge in [-0.1, -0.05) is 18.2 Å². The number of likely N-dealkylation sites (tertiary alicyclic amines) is 2. The molecule has 2 amide bonds. The van der Waals surface area contributed by atoms with Crippen molar-refractivity contribution < 1.29 is 14.3 Å². The molecule has 2 aliphatic heterocycles. The molecule has 4 heterocycles. The van der Waals surface area contributed by atoms with Crippen LogP contribution in [0.1, 0.15) is 56.9 Å². The molecule has 8 heteroatoms. The molecule has 35 heavy (non-hydrogen) atoms. The van der Waals surface area contributed by atoms with Crippen molar-refractivity contribution in [1.29, 1.82) is 0 Å². The first-order valence-electron chi connectivity index (χ1n) is 12.4. The van der Waals surface area contributed by atoms with E-state index >= 15 is 0 Å². The Kier molecular flexibility index (Phi) is 5.99. The summed E-state index contributed by atoms with van der Waals surface area (Å²) in [5.41, 5.74) is 2.64. The summed E-state index contributed by atoms with van der Waals surface area (Å²) in [5, 5.41) is 0. The number of pyridine rings is 1. The Bertz CT molecular complexity index is 1190. The molecule has 1 spiro atoms. The fourth-order valence-electron chi connectivity index (χ4n) is 5.10. The summed E-state index contributed by atoms with van der Waals surface area (Å²) >= 11 is 0. The molecule has 0 bridgehead atoms. The summed E-state index contributed by atoms with van der Waals surface area (Å²) in [6, 6.07) is 13.3. The number of fused-ring (bicyclic) bond motifs is 1. The third-order valence-electron chi connectivity index (χ3n) is 7.19. The average Bonchev–Trinajstić information content (AvgIpc) is 3.28. The topological polar surface area (TPSA) is 91.4 Å². The van der Waals surface area contributed by atoms with E-state index < -0.39 is 5.60 Å². The van der Waals surface area contributed by atoms with Crippen LogP contribution < -0.4 is 0 Å². The van der Waals surface area contributed by atoms with E-state index in [4.69, 9.17) is 4.74 Å². The number of carbonyl (C=O) groups is 2. The third-order valence-corrected chi connectivity index (χ3v) is 7.19. The van der Waals surface area contributed by atoms with Crippen LogP contribution >= 0.6 is 0 Å².